The Morgan fingerprint density at radius 3 is 2.24 bits per heavy atom. The number of anilines is 1. The van der Waals surface area contributed by atoms with Crippen molar-refractivity contribution in [3.05, 3.63) is 100 Å². The van der Waals surface area contributed by atoms with Gasteiger partial charge in [-0.2, -0.15) is 0 Å². The third-order valence-electron chi connectivity index (χ3n) is 5.14. The first-order valence-electron chi connectivity index (χ1n) is 10.3. The number of rotatable bonds is 6. The fourth-order valence-electron chi connectivity index (χ4n) is 3.37. The highest BCUT2D eigenvalue weighted by atomic mass is 79.9. The first-order valence-corrected chi connectivity index (χ1v) is 12.6. The van der Waals surface area contributed by atoms with Crippen molar-refractivity contribution in [3.8, 4) is 5.75 Å². The van der Waals surface area contributed by atoms with E-state index in [1.807, 2.05) is 0 Å². The number of nitrogens with one attached hydrogen (secondary N) is 1. The summed E-state index contributed by atoms with van der Waals surface area (Å²) in [6, 6.07) is 12.1. The number of amides is 4. The lowest BCUT2D eigenvalue weighted by Crippen LogP contribution is -2.54. The molecule has 0 aromatic heterocycles. The number of carbonyl (C=O) groups excluding carboxylic acids is 3. The van der Waals surface area contributed by atoms with Gasteiger partial charge in [-0.1, -0.05) is 29.3 Å². The lowest BCUT2D eigenvalue weighted by atomic mass is 10.1. The summed E-state index contributed by atoms with van der Waals surface area (Å²) >= 11 is 19.0. The minimum atomic E-state index is -0.965. The van der Waals surface area contributed by atoms with E-state index in [-0.39, 0.29) is 23.6 Å². The van der Waals surface area contributed by atoms with Crippen LogP contribution in [0, 0.1) is 10.1 Å². The summed E-state index contributed by atoms with van der Waals surface area (Å²) in [5.74, 6) is -1.30. The first-order chi connectivity index (χ1) is 17.5. The number of ether oxygens (including phenoxy) is 1. The molecule has 9 nitrogen and oxygen atoms in total. The molecule has 0 spiro atoms. The van der Waals surface area contributed by atoms with Gasteiger partial charge in [0.15, 0.2) is 0 Å². The maximum Gasteiger partial charge on any atom is 0.335 e. The minimum absolute atomic E-state index is 0.0680. The maximum atomic E-state index is 13.1. The predicted octanol–water partition coefficient (Wildman–Crippen LogP) is 6.67. The molecule has 0 radical (unpaired) electrons. The smallest absolute Gasteiger partial charge is 0.335 e. The molecule has 0 saturated carbocycles. The molecule has 4 amide bonds. The molecular weight excluding hydrogens is 657 g/mol. The molecule has 0 aliphatic carbocycles. The van der Waals surface area contributed by atoms with Crippen molar-refractivity contribution in [1.29, 1.82) is 0 Å². The molecule has 188 valence electrons. The van der Waals surface area contributed by atoms with Crippen LogP contribution in [0.2, 0.25) is 10.0 Å². The highest BCUT2D eigenvalue weighted by molar-refractivity contribution is 9.11. The molecule has 0 atom stereocenters. The molecule has 1 heterocycles. The maximum absolute atomic E-state index is 13.1. The Bertz CT molecular complexity index is 1470. The summed E-state index contributed by atoms with van der Waals surface area (Å²) in [4.78, 5) is 49.0. The molecular formula is C24H13Br2Cl2N3O6. The number of hydrogen-bond donors (Lipinski definition) is 1. The molecule has 13 heteroatoms. The topological polar surface area (TPSA) is 119 Å². The summed E-state index contributed by atoms with van der Waals surface area (Å²) in [7, 11) is 0. The van der Waals surface area contributed by atoms with Crippen molar-refractivity contribution in [3.63, 3.8) is 0 Å². The normalized spacial score (nSPS) is 14.6. The molecule has 1 fully saturated rings. The highest BCUT2D eigenvalue weighted by Gasteiger charge is 2.37. The summed E-state index contributed by atoms with van der Waals surface area (Å²) in [5, 5.41) is 14.0. The molecule has 1 aliphatic rings. The second kappa shape index (κ2) is 11.0. The van der Waals surface area contributed by atoms with E-state index in [0.29, 0.717) is 30.3 Å². The van der Waals surface area contributed by atoms with Crippen LogP contribution in [-0.2, 0) is 16.2 Å². The number of nitro groups is 1. The number of barbiturate groups is 1. The van der Waals surface area contributed by atoms with Gasteiger partial charge in [-0.15, -0.1) is 0 Å². The number of hydrogen-bond acceptors (Lipinski definition) is 6. The zero-order valence-electron chi connectivity index (χ0n) is 18.3. The van der Waals surface area contributed by atoms with Crippen LogP contribution in [0.4, 0.5) is 16.2 Å². The Balaban J connectivity index is 1.60. The van der Waals surface area contributed by atoms with Crippen molar-refractivity contribution in [1.82, 2.24) is 5.32 Å². The van der Waals surface area contributed by atoms with Crippen molar-refractivity contribution >= 4 is 90.4 Å². The average molecular weight is 670 g/mol. The summed E-state index contributed by atoms with van der Waals surface area (Å²) in [6.45, 7) is 0.154. The standard InChI is InChI=1S/C24H13Br2Cl2N3O6/c25-18-8-12(9-19(26)21(18)37-11-13-1-2-14(27)10-20(13)28)7-17-22(32)29-24(34)30(23(17)33)15-3-5-16(6-4-15)31(35)36/h1-10H,11H2,(H,29,32,34)/b17-7+. The van der Waals surface area contributed by atoms with Crippen LogP contribution < -0.4 is 15.0 Å². The second-order valence-electron chi connectivity index (χ2n) is 7.57. The van der Waals surface area contributed by atoms with Gasteiger partial charge in [-0.25, -0.2) is 9.69 Å². The fraction of sp³-hybridized carbons (Fsp3) is 0.0417. The van der Waals surface area contributed by atoms with Gasteiger partial charge in [0.2, 0.25) is 0 Å². The molecule has 0 bridgehead atoms. The zero-order valence-corrected chi connectivity index (χ0v) is 23.0. The van der Waals surface area contributed by atoms with Gasteiger partial charge in [0.25, 0.3) is 17.5 Å². The molecule has 1 N–H and O–H groups in total. The fourth-order valence-corrected chi connectivity index (χ4v) is 5.29. The predicted molar refractivity (Wildman–Crippen MR) is 145 cm³/mol. The monoisotopic (exact) mass is 667 g/mol. The van der Waals surface area contributed by atoms with E-state index < -0.39 is 22.8 Å². The Morgan fingerprint density at radius 2 is 1.65 bits per heavy atom. The average Bonchev–Trinajstić information content (AvgIpc) is 2.82. The van der Waals surface area contributed by atoms with Crippen molar-refractivity contribution < 1.29 is 24.0 Å². The van der Waals surface area contributed by atoms with Crippen LogP contribution in [0.1, 0.15) is 11.1 Å². The molecule has 3 aromatic carbocycles. The van der Waals surface area contributed by atoms with Gasteiger partial charge in [-0.3, -0.25) is 25.0 Å². The number of urea groups is 1. The Labute approximate surface area is 236 Å². The van der Waals surface area contributed by atoms with Crippen molar-refractivity contribution in [2.24, 2.45) is 0 Å². The zero-order chi connectivity index (χ0) is 26.9. The van der Waals surface area contributed by atoms with E-state index in [1.54, 1.807) is 30.3 Å². The molecule has 0 unspecified atom stereocenters. The van der Waals surface area contributed by atoms with Crippen molar-refractivity contribution in [2.75, 3.05) is 4.90 Å². The van der Waals surface area contributed by atoms with Crippen LogP contribution in [-0.4, -0.2) is 22.8 Å². The van der Waals surface area contributed by atoms with E-state index in [4.69, 9.17) is 27.9 Å². The Hall–Kier alpha value is -3.25. The summed E-state index contributed by atoms with van der Waals surface area (Å²) in [5.41, 5.74) is 0.719. The number of nitro benzene ring substituents is 1. The highest BCUT2D eigenvalue weighted by Crippen LogP contribution is 2.37. The van der Waals surface area contributed by atoms with Gasteiger partial charge >= 0.3 is 6.03 Å². The van der Waals surface area contributed by atoms with Gasteiger partial charge in [0, 0.05) is 27.7 Å². The van der Waals surface area contributed by atoms with E-state index in [2.05, 4.69) is 37.2 Å². The second-order valence-corrected chi connectivity index (χ2v) is 10.1. The third kappa shape index (κ3) is 5.85. The van der Waals surface area contributed by atoms with Gasteiger partial charge < -0.3 is 4.74 Å². The van der Waals surface area contributed by atoms with E-state index >= 15 is 0 Å². The van der Waals surface area contributed by atoms with Crippen LogP contribution in [0.25, 0.3) is 6.08 Å². The number of halogens is 4. The molecule has 1 aliphatic heterocycles. The van der Waals surface area contributed by atoms with E-state index in [9.17, 15) is 24.5 Å². The molecule has 3 aromatic rings. The SMILES string of the molecule is O=C1NC(=O)N(c2ccc([N+](=O)[O-])cc2)C(=O)/C1=C/c1cc(Br)c(OCc2ccc(Cl)cc2Cl)c(Br)c1. The molecule has 4 rings (SSSR count). The third-order valence-corrected chi connectivity index (χ3v) is 6.90. The Morgan fingerprint density at radius 1 is 1.00 bits per heavy atom. The van der Waals surface area contributed by atoms with Crippen molar-refractivity contribution in [2.45, 2.75) is 6.61 Å². The lowest BCUT2D eigenvalue weighted by Gasteiger charge is -2.26. The van der Waals surface area contributed by atoms with Crippen LogP contribution >= 0.6 is 55.1 Å². The quantitative estimate of drug-likeness (QED) is 0.136. The largest absolute Gasteiger partial charge is 0.486 e. The molecule has 1 saturated heterocycles. The molecule has 37 heavy (non-hydrogen) atoms. The number of carbonyl (C=O) groups is 3. The number of benzene rings is 3. The number of non-ortho nitro benzene ring substituents is 1. The number of imide groups is 2. The number of nitrogens with zero attached hydrogens (tertiary/aromatic N) is 2. The Kier molecular flexibility index (Phi) is 7.98. The van der Waals surface area contributed by atoms with Crippen LogP contribution in [0.5, 0.6) is 5.75 Å². The minimum Gasteiger partial charge on any atom is -0.486 e. The summed E-state index contributed by atoms with van der Waals surface area (Å²) in [6.07, 6.45) is 1.32. The van der Waals surface area contributed by atoms with Crippen LogP contribution in [0.3, 0.4) is 0 Å². The van der Waals surface area contributed by atoms with Gasteiger partial charge in [0.1, 0.15) is 17.9 Å². The van der Waals surface area contributed by atoms with Crippen LogP contribution in [0.15, 0.2) is 69.1 Å². The van der Waals surface area contributed by atoms with Gasteiger partial charge in [0.05, 0.1) is 19.6 Å². The lowest BCUT2D eigenvalue weighted by molar-refractivity contribution is -0.384. The van der Waals surface area contributed by atoms with E-state index in [0.717, 1.165) is 22.6 Å². The first kappa shape index (κ1) is 26.8. The summed E-state index contributed by atoms with van der Waals surface area (Å²) < 4.78 is 6.93. The van der Waals surface area contributed by atoms with Gasteiger partial charge in [-0.05, 0) is 79.9 Å². The van der Waals surface area contributed by atoms with E-state index in [1.165, 1.54) is 18.2 Å².